The molecule has 28 heavy (non-hydrogen) atoms. The van der Waals surface area contributed by atoms with E-state index in [1.807, 2.05) is 43.3 Å². The quantitative estimate of drug-likeness (QED) is 0.789. The third-order valence-electron chi connectivity index (χ3n) is 5.59. The van der Waals surface area contributed by atoms with Crippen LogP contribution in [0.5, 0.6) is 0 Å². The average molecular weight is 384 g/mol. The number of hydrogen-bond donors (Lipinski definition) is 2. The average Bonchev–Trinajstić information content (AvgIpc) is 3.03. The molecule has 4 rings (SSSR count). The number of ether oxygens (including phenoxy) is 3. The molecule has 2 aliphatic rings. The van der Waals surface area contributed by atoms with Gasteiger partial charge in [0.25, 0.3) is 0 Å². The number of fused-ring (bicyclic) bond motifs is 3. The molecule has 1 fully saturated rings. The monoisotopic (exact) mass is 384 g/mol. The molecule has 148 valence electrons. The Labute approximate surface area is 163 Å². The van der Waals surface area contributed by atoms with Crippen molar-refractivity contribution in [3.8, 4) is 11.1 Å². The van der Waals surface area contributed by atoms with Gasteiger partial charge >= 0.3 is 6.16 Å². The first-order chi connectivity index (χ1) is 13.6. The second kappa shape index (κ2) is 7.91. The van der Waals surface area contributed by atoms with Crippen molar-refractivity contribution in [2.75, 3.05) is 19.8 Å². The molecule has 4 atom stereocenters. The lowest BCUT2D eigenvalue weighted by Gasteiger charge is -2.37. The second-order valence-electron chi connectivity index (χ2n) is 7.39. The summed E-state index contributed by atoms with van der Waals surface area (Å²) in [5.41, 5.74) is 4.55. The molecule has 0 bridgehead atoms. The van der Waals surface area contributed by atoms with Gasteiger partial charge in [-0.25, -0.2) is 4.79 Å². The summed E-state index contributed by atoms with van der Waals surface area (Å²) in [6, 6.07) is 16.2. The second-order valence-corrected chi connectivity index (χ2v) is 7.39. The smallest absolute Gasteiger partial charge is 0.433 e. The summed E-state index contributed by atoms with van der Waals surface area (Å²) in [6.45, 7) is 1.93. The van der Waals surface area contributed by atoms with Gasteiger partial charge < -0.3 is 24.4 Å². The standard InChI is InChI=1S/C22H24O6/c1-13-11-26-19(10-23)20(24)21(13)28-22(25)27-12-18-16-8-4-2-6-14(16)15-7-3-5-9-17(15)18/h2-9,13,18-21,23-24H,10-12H2,1H3/t13?,19?,20?,21-/m1/s1. The first kappa shape index (κ1) is 18.9. The van der Waals surface area contributed by atoms with E-state index in [9.17, 15) is 15.0 Å². The molecule has 1 aliphatic carbocycles. The summed E-state index contributed by atoms with van der Waals surface area (Å²) < 4.78 is 16.2. The highest BCUT2D eigenvalue weighted by molar-refractivity contribution is 5.78. The molecular weight excluding hydrogens is 360 g/mol. The zero-order valence-electron chi connectivity index (χ0n) is 15.7. The van der Waals surface area contributed by atoms with Crippen LogP contribution in [0.3, 0.4) is 0 Å². The number of carbonyl (C=O) groups excluding carboxylic acids is 1. The normalized spacial score (nSPS) is 26.4. The summed E-state index contributed by atoms with van der Waals surface area (Å²) in [6.07, 6.45) is -3.45. The Bertz CT molecular complexity index is 805. The van der Waals surface area contributed by atoms with Gasteiger partial charge in [-0.05, 0) is 22.3 Å². The van der Waals surface area contributed by atoms with Crippen LogP contribution >= 0.6 is 0 Å². The summed E-state index contributed by atoms with van der Waals surface area (Å²) in [5.74, 6) is -0.250. The van der Waals surface area contributed by atoms with Crippen LogP contribution in [0.25, 0.3) is 11.1 Å². The van der Waals surface area contributed by atoms with Crippen LogP contribution in [0.15, 0.2) is 48.5 Å². The molecule has 3 unspecified atom stereocenters. The maximum Gasteiger partial charge on any atom is 0.508 e. The van der Waals surface area contributed by atoms with Gasteiger partial charge in [0, 0.05) is 11.8 Å². The minimum atomic E-state index is -1.09. The van der Waals surface area contributed by atoms with Crippen LogP contribution in [0.2, 0.25) is 0 Å². The Kier molecular flexibility index (Phi) is 5.35. The van der Waals surface area contributed by atoms with Crippen LogP contribution in [0, 0.1) is 5.92 Å². The Morgan fingerprint density at radius 1 is 1.11 bits per heavy atom. The van der Waals surface area contributed by atoms with Crippen LogP contribution in [-0.4, -0.2) is 54.5 Å². The lowest BCUT2D eigenvalue weighted by Crippen LogP contribution is -2.52. The van der Waals surface area contributed by atoms with E-state index in [2.05, 4.69) is 12.1 Å². The van der Waals surface area contributed by atoms with Gasteiger partial charge in [-0.2, -0.15) is 0 Å². The van der Waals surface area contributed by atoms with Crippen LogP contribution in [0.1, 0.15) is 24.0 Å². The number of carbonyl (C=O) groups is 1. The molecule has 0 saturated carbocycles. The van der Waals surface area contributed by atoms with E-state index in [0.717, 1.165) is 22.3 Å². The summed E-state index contributed by atoms with van der Waals surface area (Å²) >= 11 is 0. The molecule has 6 nitrogen and oxygen atoms in total. The van der Waals surface area contributed by atoms with Crippen molar-refractivity contribution >= 4 is 6.16 Å². The Balaban J connectivity index is 1.44. The predicted molar refractivity (Wildman–Crippen MR) is 102 cm³/mol. The van der Waals surface area contributed by atoms with E-state index in [1.165, 1.54) is 0 Å². The van der Waals surface area contributed by atoms with Gasteiger partial charge in [0.1, 0.15) is 24.9 Å². The van der Waals surface area contributed by atoms with Gasteiger partial charge in [0.05, 0.1) is 13.2 Å². The van der Waals surface area contributed by atoms with Crippen molar-refractivity contribution < 1.29 is 29.2 Å². The Hall–Kier alpha value is -2.41. The van der Waals surface area contributed by atoms with Gasteiger partial charge in [0.2, 0.25) is 0 Å². The van der Waals surface area contributed by atoms with Crippen molar-refractivity contribution in [1.29, 1.82) is 0 Å². The topological polar surface area (TPSA) is 85.2 Å². The molecule has 2 aromatic carbocycles. The molecule has 1 saturated heterocycles. The zero-order valence-corrected chi connectivity index (χ0v) is 15.7. The fraction of sp³-hybridized carbons (Fsp3) is 0.409. The summed E-state index contributed by atoms with van der Waals surface area (Å²) in [5, 5.41) is 19.5. The fourth-order valence-electron chi connectivity index (χ4n) is 4.10. The van der Waals surface area contributed by atoms with Gasteiger partial charge in [-0.1, -0.05) is 55.5 Å². The van der Waals surface area contributed by atoms with Crippen LogP contribution in [-0.2, 0) is 14.2 Å². The third-order valence-corrected chi connectivity index (χ3v) is 5.59. The van der Waals surface area contributed by atoms with Crippen molar-refractivity contribution in [3.05, 3.63) is 59.7 Å². The Morgan fingerprint density at radius 3 is 2.32 bits per heavy atom. The number of hydrogen-bond acceptors (Lipinski definition) is 6. The molecule has 6 heteroatoms. The maximum absolute atomic E-state index is 12.3. The zero-order chi connectivity index (χ0) is 19.7. The highest BCUT2D eigenvalue weighted by Gasteiger charge is 2.40. The van der Waals surface area contributed by atoms with Gasteiger partial charge in [0.15, 0.2) is 0 Å². The van der Waals surface area contributed by atoms with Crippen molar-refractivity contribution in [2.24, 2.45) is 5.92 Å². The molecule has 0 spiro atoms. The molecule has 1 aliphatic heterocycles. The number of aliphatic hydroxyl groups excluding tert-OH is 2. The van der Waals surface area contributed by atoms with E-state index in [-0.39, 0.29) is 25.0 Å². The highest BCUT2D eigenvalue weighted by Crippen LogP contribution is 2.44. The lowest BCUT2D eigenvalue weighted by molar-refractivity contribution is -0.177. The van der Waals surface area contributed by atoms with Gasteiger partial charge in [-0.15, -0.1) is 0 Å². The Morgan fingerprint density at radius 2 is 1.71 bits per heavy atom. The van der Waals surface area contributed by atoms with E-state index in [4.69, 9.17) is 14.2 Å². The number of benzene rings is 2. The van der Waals surface area contributed by atoms with Crippen molar-refractivity contribution in [1.82, 2.24) is 0 Å². The van der Waals surface area contributed by atoms with E-state index >= 15 is 0 Å². The molecular formula is C22H24O6. The molecule has 0 amide bonds. The molecule has 0 radical (unpaired) electrons. The molecule has 2 aromatic rings. The van der Waals surface area contributed by atoms with Gasteiger partial charge in [-0.3, -0.25) is 0 Å². The summed E-state index contributed by atoms with van der Waals surface area (Å²) in [7, 11) is 0. The molecule has 2 N–H and O–H groups in total. The maximum atomic E-state index is 12.3. The SMILES string of the molecule is CC1COC(CO)C(O)[C@@H]1OC(=O)OCC1c2ccccc2-c2ccccc21. The number of aliphatic hydroxyl groups is 2. The fourth-order valence-corrected chi connectivity index (χ4v) is 4.10. The first-order valence-corrected chi connectivity index (χ1v) is 9.52. The summed E-state index contributed by atoms with van der Waals surface area (Å²) in [4.78, 5) is 12.3. The van der Waals surface area contributed by atoms with Crippen molar-refractivity contribution in [2.45, 2.75) is 31.2 Å². The van der Waals surface area contributed by atoms with Crippen LogP contribution in [0.4, 0.5) is 4.79 Å². The third kappa shape index (κ3) is 3.39. The lowest BCUT2D eigenvalue weighted by atomic mass is 9.94. The largest absolute Gasteiger partial charge is 0.508 e. The van der Waals surface area contributed by atoms with Crippen molar-refractivity contribution in [3.63, 3.8) is 0 Å². The minimum absolute atomic E-state index is 0.0535. The van der Waals surface area contributed by atoms with E-state index in [0.29, 0.717) is 6.61 Å². The minimum Gasteiger partial charge on any atom is -0.433 e. The first-order valence-electron chi connectivity index (χ1n) is 9.52. The van der Waals surface area contributed by atoms with E-state index in [1.54, 1.807) is 0 Å². The predicted octanol–water partition coefficient (Wildman–Crippen LogP) is 2.71. The van der Waals surface area contributed by atoms with E-state index < -0.39 is 24.5 Å². The molecule has 1 heterocycles. The number of rotatable bonds is 4. The van der Waals surface area contributed by atoms with Crippen LogP contribution < -0.4 is 0 Å². The molecule has 0 aromatic heterocycles. The highest BCUT2D eigenvalue weighted by atomic mass is 16.7.